The van der Waals surface area contributed by atoms with Crippen LogP contribution in [0.25, 0.3) is 0 Å². The first-order valence-electron chi connectivity index (χ1n) is 9.59. The molecule has 1 atom stereocenters. The fraction of sp³-hybridized carbons (Fsp3) is 0.650. The van der Waals surface area contributed by atoms with Crippen molar-refractivity contribution in [3.8, 4) is 0 Å². The fourth-order valence-electron chi connectivity index (χ4n) is 4.31. The highest BCUT2D eigenvalue weighted by atomic mass is 32.2. The van der Waals surface area contributed by atoms with E-state index < -0.39 is 25.8 Å². The first-order chi connectivity index (χ1) is 13.2. The molecule has 2 fully saturated rings. The summed E-state index contributed by atoms with van der Waals surface area (Å²) in [6, 6.07) is 5.12. The number of amides is 1. The Kier molecular flexibility index (Phi) is 5.43. The van der Waals surface area contributed by atoms with Gasteiger partial charge in [-0.25, -0.2) is 13.2 Å². The van der Waals surface area contributed by atoms with E-state index in [1.807, 2.05) is 20.8 Å². The average molecular weight is 433 g/mol. The van der Waals surface area contributed by atoms with Crippen LogP contribution in [-0.2, 0) is 21.0 Å². The highest BCUT2D eigenvalue weighted by Crippen LogP contribution is 2.49. The van der Waals surface area contributed by atoms with E-state index in [1.54, 1.807) is 11.0 Å². The number of sulfone groups is 1. The molecular weight excluding hydrogens is 407 g/mol. The standard InChI is InChI=1S/C20H26F3NO4S/c1-18(2,3)28-17(25)24-12-19(13-24)8-7-15(11-19)9-14-5-4-6-16(10-14)29(26,27)20(21,22)23/h4-6,10,15H,7-9,11-13H2,1-3H3. The van der Waals surface area contributed by atoms with Crippen LogP contribution in [0, 0.1) is 11.3 Å². The third-order valence-corrected chi connectivity index (χ3v) is 7.03. The summed E-state index contributed by atoms with van der Waals surface area (Å²) >= 11 is 0. The first-order valence-corrected chi connectivity index (χ1v) is 11.1. The van der Waals surface area contributed by atoms with Gasteiger partial charge < -0.3 is 9.64 Å². The van der Waals surface area contributed by atoms with Gasteiger partial charge in [0.2, 0.25) is 0 Å². The number of ether oxygens (including phenoxy) is 1. The molecule has 5 nitrogen and oxygen atoms in total. The van der Waals surface area contributed by atoms with E-state index in [1.165, 1.54) is 6.07 Å². The van der Waals surface area contributed by atoms with Crippen LogP contribution in [0.15, 0.2) is 29.2 Å². The molecule has 1 amide bonds. The van der Waals surface area contributed by atoms with Crippen LogP contribution >= 0.6 is 0 Å². The van der Waals surface area contributed by atoms with Crippen LogP contribution in [0.1, 0.15) is 45.6 Å². The van der Waals surface area contributed by atoms with E-state index in [0.717, 1.165) is 31.4 Å². The Hall–Kier alpha value is -1.77. The monoisotopic (exact) mass is 433 g/mol. The zero-order chi connectivity index (χ0) is 21.7. The van der Waals surface area contributed by atoms with Crippen molar-refractivity contribution in [2.45, 2.75) is 62.5 Å². The summed E-state index contributed by atoms with van der Waals surface area (Å²) in [5.74, 6) is 0.250. The summed E-state index contributed by atoms with van der Waals surface area (Å²) < 4.78 is 67.0. The Morgan fingerprint density at radius 2 is 1.90 bits per heavy atom. The maximum Gasteiger partial charge on any atom is 0.501 e. The predicted molar refractivity (Wildman–Crippen MR) is 101 cm³/mol. The Bertz CT molecular complexity index is 884. The van der Waals surface area contributed by atoms with Gasteiger partial charge in [0.15, 0.2) is 0 Å². The molecule has 0 aromatic heterocycles. The zero-order valence-corrected chi connectivity index (χ0v) is 17.6. The van der Waals surface area contributed by atoms with E-state index in [4.69, 9.17) is 4.74 Å². The normalized spacial score (nSPS) is 21.9. The molecule has 1 spiro atoms. The van der Waals surface area contributed by atoms with E-state index >= 15 is 0 Å². The molecular formula is C20H26F3NO4S. The van der Waals surface area contributed by atoms with Crippen molar-refractivity contribution >= 4 is 15.9 Å². The fourth-order valence-corrected chi connectivity index (χ4v) is 5.15. The molecule has 29 heavy (non-hydrogen) atoms. The van der Waals surface area contributed by atoms with E-state index in [9.17, 15) is 26.4 Å². The maximum absolute atomic E-state index is 12.8. The second kappa shape index (κ2) is 7.18. The van der Waals surface area contributed by atoms with Crippen molar-refractivity contribution < 1.29 is 31.1 Å². The predicted octanol–water partition coefficient (Wildman–Crippen LogP) is 4.56. The number of likely N-dealkylation sites (tertiary alicyclic amines) is 1. The molecule has 0 N–H and O–H groups in total. The molecule has 1 saturated carbocycles. The van der Waals surface area contributed by atoms with Gasteiger partial charge in [0.25, 0.3) is 9.84 Å². The van der Waals surface area contributed by atoms with Crippen LogP contribution in [0.5, 0.6) is 0 Å². The van der Waals surface area contributed by atoms with Crippen molar-refractivity contribution in [2.24, 2.45) is 11.3 Å². The van der Waals surface area contributed by atoms with Gasteiger partial charge in [-0.2, -0.15) is 13.2 Å². The SMILES string of the molecule is CC(C)(C)OC(=O)N1CC2(CCC(Cc3cccc(S(=O)(=O)C(F)(F)F)c3)C2)C1. The minimum absolute atomic E-state index is 0.0389. The van der Waals surface area contributed by atoms with Crippen molar-refractivity contribution in [3.05, 3.63) is 29.8 Å². The van der Waals surface area contributed by atoms with Gasteiger partial charge in [0, 0.05) is 18.5 Å². The van der Waals surface area contributed by atoms with E-state index in [-0.39, 0.29) is 17.4 Å². The van der Waals surface area contributed by atoms with Crippen LogP contribution in [0.3, 0.4) is 0 Å². The number of nitrogens with zero attached hydrogens (tertiary/aromatic N) is 1. The Balaban J connectivity index is 1.59. The lowest BCUT2D eigenvalue weighted by Gasteiger charge is -2.48. The van der Waals surface area contributed by atoms with Crippen molar-refractivity contribution in [2.75, 3.05) is 13.1 Å². The summed E-state index contributed by atoms with van der Waals surface area (Å²) in [5, 5.41) is 0. The maximum atomic E-state index is 12.8. The molecule has 3 rings (SSSR count). The molecule has 1 aromatic rings. The Labute approximate surface area is 169 Å². The van der Waals surface area contributed by atoms with E-state index in [0.29, 0.717) is 25.1 Å². The molecule has 1 heterocycles. The number of hydrogen-bond acceptors (Lipinski definition) is 4. The molecule has 2 aliphatic rings. The van der Waals surface area contributed by atoms with Gasteiger partial charge in [-0.15, -0.1) is 0 Å². The third kappa shape index (κ3) is 4.70. The molecule has 9 heteroatoms. The zero-order valence-electron chi connectivity index (χ0n) is 16.8. The lowest BCUT2D eigenvalue weighted by molar-refractivity contribution is -0.0436. The summed E-state index contributed by atoms with van der Waals surface area (Å²) in [5.41, 5.74) is -5.22. The third-order valence-electron chi connectivity index (χ3n) is 5.55. The number of alkyl halides is 3. The minimum Gasteiger partial charge on any atom is -0.444 e. The van der Waals surface area contributed by atoms with Crippen LogP contribution in [0.2, 0.25) is 0 Å². The number of halogens is 3. The summed E-state index contributed by atoms with van der Waals surface area (Å²) in [6.45, 7) is 6.71. The minimum atomic E-state index is -5.34. The Morgan fingerprint density at radius 1 is 1.24 bits per heavy atom. The topological polar surface area (TPSA) is 63.7 Å². The van der Waals surface area contributed by atoms with Crippen molar-refractivity contribution in [3.63, 3.8) is 0 Å². The molecule has 1 aliphatic heterocycles. The molecule has 162 valence electrons. The number of carbonyl (C=O) groups is 1. The molecule has 1 aromatic carbocycles. The summed E-state index contributed by atoms with van der Waals surface area (Å²) in [6.07, 6.45) is 2.91. The highest BCUT2D eigenvalue weighted by Gasteiger charge is 2.50. The first kappa shape index (κ1) is 21.9. The smallest absolute Gasteiger partial charge is 0.444 e. The number of hydrogen-bond donors (Lipinski definition) is 0. The van der Waals surface area contributed by atoms with Gasteiger partial charge in [-0.3, -0.25) is 0 Å². The van der Waals surface area contributed by atoms with Gasteiger partial charge >= 0.3 is 11.6 Å². The highest BCUT2D eigenvalue weighted by molar-refractivity contribution is 7.92. The molecule has 1 unspecified atom stereocenters. The van der Waals surface area contributed by atoms with Crippen LogP contribution < -0.4 is 0 Å². The lowest BCUT2D eigenvalue weighted by atomic mass is 9.77. The van der Waals surface area contributed by atoms with E-state index in [2.05, 4.69) is 0 Å². The average Bonchev–Trinajstić information content (AvgIpc) is 2.95. The molecule has 0 radical (unpaired) electrons. The van der Waals surface area contributed by atoms with Crippen LogP contribution in [-0.4, -0.2) is 43.6 Å². The largest absolute Gasteiger partial charge is 0.501 e. The van der Waals surface area contributed by atoms with Crippen molar-refractivity contribution in [1.29, 1.82) is 0 Å². The molecule has 1 aliphatic carbocycles. The van der Waals surface area contributed by atoms with Crippen LogP contribution in [0.4, 0.5) is 18.0 Å². The Morgan fingerprint density at radius 3 is 2.48 bits per heavy atom. The number of benzene rings is 1. The second-order valence-electron chi connectivity index (χ2n) is 9.25. The summed E-state index contributed by atoms with van der Waals surface area (Å²) in [7, 11) is -5.34. The summed E-state index contributed by atoms with van der Waals surface area (Å²) in [4.78, 5) is 13.1. The van der Waals surface area contributed by atoms with Gasteiger partial charge in [-0.05, 0) is 70.1 Å². The molecule has 0 bridgehead atoms. The van der Waals surface area contributed by atoms with Gasteiger partial charge in [0.1, 0.15) is 5.60 Å². The number of rotatable bonds is 3. The van der Waals surface area contributed by atoms with Gasteiger partial charge in [-0.1, -0.05) is 12.1 Å². The molecule has 1 saturated heterocycles. The lowest BCUT2D eigenvalue weighted by Crippen LogP contribution is -2.58. The number of carbonyl (C=O) groups excluding carboxylic acids is 1. The quantitative estimate of drug-likeness (QED) is 0.701. The second-order valence-corrected chi connectivity index (χ2v) is 11.2. The van der Waals surface area contributed by atoms with Gasteiger partial charge in [0.05, 0.1) is 4.90 Å². The van der Waals surface area contributed by atoms with Crippen molar-refractivity contribution in [1.82, 2.24) is 4.90 Å².